The Morgan fingerprint density at radius 1 is 1.40 bits per heavy atom. The van der Waals surface area contributed by atoms with Crippen molar-refractivity contribution in [2.45, 2.75) is 38.9 Å². The largest absolute Gasteiger partial charge is 0.369 e. The van der Waals surface area contributed by atoms with Crippen molar-refractivity contribution in [2.75, 3.05) is 13.1 Å². The minimum atomic E-state index is -0.0556. The smallest absolute Gasteiger partial charge is 0.274 e. The standard InChI is InChI=1S/C18H23N5O2/c1-11-7-15-16(12(2)25-11)20-21-17(15)18(24)23-6-4-5-13(10-23)14-8-19-22(3)9-14/h5,8-9,11-12H,4,6-7,10H2,1-3H3,(H,20,21)/t11-,12+/m1/s1. The second-order valence-electron chi connectivity index (χ2n) is 6.90. The third kappa shape index (κ3) is 2.89. The first-order valence-electron chi connectivity index (χ1n) is 8.73. The molecule has 0 spiro atoms. The van der Waals surface area contributed by atoms with E-state index in [-0.39, 0.29) is 18.1 Å². The molecular weight excluding hydrogens is 318 g/mol. The molecule has 2 aliphatic rings. The highest BCUT2D eigenvalue weighted by Crippen LogP contribution is 2.31. The second-order valence-corrected chi connectivity index (χ2v) is 6.90. The SMILES string of the molecule is C[C@@H]1Cc2c(C(=O)N3CCC=C(c4cnn(C)c4)C3)n[nH]c2[C@H](C)O1. The van der Waals surface area contributed by atoms with Gasteiger partial charge in [-0.3, -0.25) is 14.6 Å². The van der Waals surface area contributed by atoms with Crippen molar-refractivity contribution in [2.24, 2.45) is 7.05 Å². The number of rotatable bonds is 2. The highest BCUT2D eigenvalue weighted by Gasteiger charge is 2.32. The molecular formula is C18H23N5O2. The summed E-state index contributed by atoms with van der Waals surface area (Å²) in [4.78, 5) is 15.0. The van der Waals surface area contributed by atoms with Gasteiger partial charge in [0.1, 0.15) is 0 Å². The molecule has 0 fully saturated rings. The number of aromatic amines is 1. The zero-order chi connectivity index (χ0) is 17.6. The fourth-order valence-corrected chi connectivity index (χ4v) is 3.71. The summed E-state index contributed by atoms with van der Waals surface area (Å²) >= 11 is 0. The van der Waals surface area contributed by atoms with E-state index in [9.17, 15) is 4.79 Å². The van der Waals surface area contributed by atoms with Crippen LogP contribution in [-0.2, 0) is 18.2 Å². The highest BCUT2D eigenvalue weighted by atomic mass is 16.5. The molecule has 2 aliphatic heterocycles. The lowest BCUT2D eigenvalue weighted by Crippen LogP contribution is -2.36. The van der Waals surface area contributed by atoms with E-state index in [0.717, 1.165) is 35.2 Å². The number of ether oxygens (including phenoxy) is 1. The van der Waals surface area contributed by atoms with Gasteiger partial charge >= 0.3 is 0 Å². The third-order valence-corrected chi connectivity index (χ3v) is 4.95. The lowest BCUT2D eigenvalue weighted by atomic mass is 9.98. The van der Waals surface area contributed by atoms with E-state index in [1.807, 2.05) is 38.2 Å². The topological polar surface area (TPSA) is 76.0 Å². The Morgan fingerprint density at radius 2 is 2.24 bits per heavy atom. The van der Waals surface area contributed by atoms with Crippen molar-refractivity contribution in [1.82, 2.24) is 24.9 Å². The van der Waals surface area contributed by atoms with Crippen LogP contribution in [0.2, 0.25) is 0 Å². The molecule has 0 aromatic carbocycles. The number of aromatic nitrogens is 4. The maximum atomic E-state index is 13.1. The molecule has 132 valence electrons. The molecule has 25 heavy (non-hydrogen) atoms. The molecule has 2 atom stereocenters. The van der Waals surface area contributed by atoms with Gasteiger partial charge in [0.2, 0.25) is 0 Å². The summed E-state index contributed by atoms with van der Waals surface area (Å²) in [7, 11) is 1.90. The van der Waals surface area contributed by atoms with Crippen molar-refractivity contribution in [3.63, 3.8) is 0 Å². The molecule has 2 aromatic rings. The van der Waals surface area contributed by atoms with Gasteiger partial charge in [0.15, 0.2) is 5.69 Å². The summed E-state index contributed by atoms with van der Waals surface area (Å²) in [6.07, 6.45) is 7.63. The van der Waals surface area contributed by atoms with E-state index in [0.29, 0.717) is 18.8 Å². The van der Waals surface area contributed by atoms with E-state index in [1.54, 1.807) is 4.68 Å². The Balaban J connectivity index is 1.57. The Hall–Kier alpha value is -2.41. The summed E-state index contributed by atoms with van der Waals surface area (Å²) in [5, 5.41) is 11.6. The van der Waals surface area contributed by atoms with E-state index in [1.165, 1.54) is 0 Å². The van der Waals surface area contributed by atoms with Gasteiger partial charge in [-0.15, -0.1) is 0 Å². The van der Waals surface area contributed by atoms with Crippen LogP contribution >= 0.6 is 0 Å². The van der Waals surface area contributed by atoms with Crippen molar-refractivity contribution < 1.29 is 9.53 Å². The van der Waals surface area contributed by atoms with E-state index >= 15 is 0 Å². The number of aryl methyl sites for hydroxylation is 1. The Bertz CT molecular complexity index is 834. The van der Waals surface area contributed by atoms with Crippen LogP contribution in [0.5, 0.6) is 0 Å². The number of carbonyl (C=O) groups is 1. The van der Waals surface area contributed by atoms with Crippen LogP contribution in [0.15, 0.2) is 18.5 Å². The van der Waals surface area contributed by atoms with Crippen LogP contribution in [0.25, 0.3) is 5.57 Å². The molecule has 0 saturated heterocycles. The van der Waals surface area contributed by atoms with Gasteiger partial charge in [0.25, 0.3) is 5.91 Å². The summed E-state index contributed by atoms with van der Waals surface area (Å²) in [6.45, 7) is 5.33. The third-order valence-electron chi connectivity index (χ3n) is 4.95. The first-order chi connectivity index (χ1) is 12.0. The lowest BCUT2D eigenvalue weighted by molar-refractivity contribution is -0.00701. The first-order valence-corrected chi connectivity index (χ1v) is 8.73. The summed E-state index contributed by atoms with van der Waals surface area (Å²) in [5.41, 5.74) is 4.70. The summed E-state index contributed by atoms with van der Waals surface area (Å²) in [6, 6.07) is 0. The fourth-order valence-electron chi connectivity index (χ4n) is 3.71. The first kappa shape index (κ1) is 16.1. The highest BCUT2D eigenvalue weighted by molar-refractivity contribution is 5.95. The van der Waals surface area contributed by atoms with E-state index < -0.39 is 0 Å². The van der Waals surface area contributed by atoms with E-state index in [2.05, 4.69) is 21.4 Å². The fraction of sp³-hybridized carbons (Fsp3) is 0.500. The van der Waals surface area contributed by atoms with Crippen LogP contribution in [0.1, 0.15) is 53.7 Å². The van der Waals surface area contributed by atoms with E-state index in [4.69, 9.17) is 4.74 Å². The van der Waals surface area contributed by atoms with Crippen LogP contribution < -0.4 is 0 Å². The maximum Gasteiger partial charge on any atom is 0.274 e. The minimum Gasteiger partial charge on any atom is -0.369 e. The van der Waals surface area contributed by atoms with Crippen molar-refractivity contribution in [1.29, 1.82) is 0 Å². The molecule has 1 amide bonds. The Morgan fingerprint density at radius 3 is 3.00 bits per heavy atom. The molecule has 4 heterocycles. The Labute approximate surface area is 146 Å². The van der Waals surface area contributed by atoms with Crippen LogP contribution in [0.4, 0.5) is 0 Å². The zero-order valence-corrected chi connectivity index (χ0v) is 14.8. The van der Waals surface area contributed by atoms with Gasteiger partial charge in [-0.05, 0) is 25.8 Å². The average molecular weight is 341 g/mol. The molecule has 7 heteroatoms. The normalized spacial score (nSPS) is 23.3. The second kappa shape index (κ2) is 6.15. The molecule has 4 rings (SSSR count). The molecule has 2 aromatic heterocycles. The molecule has 0 radical (unpaired) electrons. The van der Waals surface area contributed by atoms with Crippen LogP contribution in [0, 0.1) is 0 Å². The van der Waals surface area contributed by atoms with Gasteiger partial charge in [-0.25, -0.2) is 0 Å². The quantitative estimate of drug-likeness (QED) is 0.907. The number of hydrogen-bond donors (Lipinski definition) is 1. The van der Waals surface area contributed by atoms with Gasteiger partial charge < -0.3 is 9.64 Å². The van der Waals surface area contributed by atoms with Crippen LogP contribution in [0.3, 0.4) is 0 Å². The minimum absolute atomic E-state index is 0.00621. The molecule has 0 unspecified atom stereocenters. The summed E-state index contributed by atoms with van der Waals surface area (Å²) < 4.78 is 7.60. The number of nitrogens with zero attached hydrogens (tertiary/aromatic N) is 4. The van der Waals surface area contributed by atoms with Crippen molar-refractivity contribution >= 4 is 11.5 Å². The molecule has 0 aliphatic carbocycles. The monoisotopic (exact) mass is 341 g/mol. The Kier molecular flexibility index (Phi) is 3.95. The predicted molar refractivity (Wildman–Crippen MR) is 93.0 cm³/mol. The zero-order valence-electron chi connectivity index (χ0n) is 14.8. The number of amides is 1. The van der Waals surface area contributed by atoms with Crippen molar-refractivity contribution in [3.8, 4) is 0 Å². The number of carbonyl (C=O) groups excluding carboxylic acids is 1. The van der Waals surface area contributed by atoms with Gasteiger partial charge in [-0.2, -0.15) is 10.2 Å². The molecule has 1 N–H and O–H groups in total. The molecule has 7 nitrogen and oxygen atoms in total. The number of H-pyrrole nitrogens is 1. The maximum absolute atomic E-state index is 13.1. The number of hydrogen-bond acceptors (Lipinski definition) is 4. The van der Waals surface area contributed by atoms with Gasteiger partial charge in [0, 0.05) is 43.9 Å². The molecule has 0 saturated carbocycles. The number of fused-ring (bicyclic) bond motifs is 1. The van der Waals surface area contributed by atoms with Gasteiger partial charge in [0.05, 0.1) is 24.1 Å². The average Bonchev–Trinajstić information content (AvgIpc) is 3.21. The predicted octanol–water partition coefficient (Wildman–Crippen LogP) is 2.09. The molecule has 0 bridgehead atoms. The van der Waals surface area contributed by atoms with Crippen LogP contribution in [-0.4, -0.2) is 50.0 Å². The lowest BCUT2D eigenvalue weighted by Gasteiger charge is -2.28. The van der Waals surface area contributed by atoms with Crippen molar-refractivity contribution in [3.05, 3.63) is 41.0 Å². The summed E-state index contributed by atoms with van der Waals surface area (Å²) in [5.74, 6) is -0.00621. The number of nitrogens with one attached hydrogen (secondary N) is 1. The van der Waals surface area contributed by atoms with Gasteiger partial charge in [-0.1, -0.05) is 6.08 Å².